The number of carbonyl (C=O) groups is 1. The second kappa shape index (κ2) is 7.63. The minimum Gasteiger partial charge on any atom is -0.491 e. The molecule has 1 amide bonds. The lowest BCUT2D eigenvalue weighted by Crippen LogP contribution is -2.43. The molecule has 0 saturated heterocycles. The van der Waals surface area contributed by atoms with Crippen LogP contribution in [0.4, 0.5) is 5.69 Å². The van der Waals surface area contributed by atoms with Gasteiger partial charge >= 0.3 is 0 Å². The average Bonchev–Trinajstić information content (AvgIpc) is 2.97. The molecule has 0 radical (unpaired) electrons. The van der Waals surface area contributed by atoms with E-state index in [-0.39, 0.29) is 12.0 Å². The summed E-state index contributed by atoms with van der Waals surface area (Å²) < 4.78 is 11.5. The van der Waals surface area contributed by atoms with Crippen LogP contribution >= 0.6 is 0 Å². The normalized spacial score (nSPS) is 16.7. The van der Waals surface area contributed by atoms with Crippen molar-refractivity contribution in [1.82, 2.24) is 0 Å². The first-order valence-corrected chi connectivity index (χ1v) is 8.28. The number of hydrogen-bond donors (Lipinski definition) is 1. The molecule has 4 heteroatoms. The van der Waals surface area contributed by atoms with Gasteiger partial charge in [-0.2, -0.15) is 0 Å². The van der Waals surface area contributed by atoms with Crippen molar-refractivity contribution < 1.29 is 14.3 Å². The summed E-state index contributed by atoms with van der Waals surface area (Å²) in [7, 11) is 0. The molecule has 1 fully saturated rings. The minimum atomic E-state index is -0.636. The summed E-state index contributed by atoms with van der Waals surface area (Å²) in [5.41, 5.74) is 0.149. The maximum Gasteiger partial charge on any atom is 0.256 e. The van der Waals surface area contributed by atoms with E-state index in [0.29, 0.717) is 6.61 Å². The Hall–Kier alpha value is -1.55. The minimum absolute atomic E-state index is 0.0176. The van der Waals surface area contributed by atoms with Crippen LogP contribution in [-0.4, -0.2) is 24.2 Å². The van der Waals surface area contributed by atoms with Crippen LogP contribution in [0.25, 0.3) is 0 Å². The van der Waals surface area contributed by atoms with Crippen LogP contribution in [0.5, 0.6) is 5.75 Å². The van der Waals surface area contributed by atoms with E-state index >= 15 is 0 Å². The van der Waals surface area contributed by atoms with E-state index in [4.69, 9.17) is 9.47 Å². The van der Waals surface area contributed by atoms with Gasteiger partial charge in [0.15, 0.2) is 0 Å². The molecule has 0 heterocycles. The molecule has 0 spiro atoms. The zero-order chi connectivity index (χ0) is 16.0. The van der Waals surface area contributed by atoms with Crippen LogP contribution in [-0.2, 0) is 9.53 Å². The lowest BCUT2D eigenvalue weighted by Gasteiger charge is -2.28. The molecule has 1 aliphatic carbocycles. The Bertz CT molecular complexity index is 476. The van der Waals surface area contributed by atoms with Crippen molar-refractivity contribution in [1.29, 1.82) is 0 Å². The highest BCUT2D eigenvalue weighted by Crippen LogP contribution is 2.34. The van der Waals surface area contributed by atoms with Gasteiger partial charge in [-0.15, -0.1) is 0 Å². The van der Waals surface area contributed by atoms with Crippen molar-refractivity contribution in [3.8, 4) is 5.75 Å². The first-order valence-electron chi connectivity index (χ1n) is 8.28. The lowest BCUT2D eigenvalue weighted by atomic mass is 10.0. The van der Waals surface area contributed by atoms with Gasteiger partial charge in [-0.1, -0.05) is 6.92 Å². The number of anilines is 1. The Balaban J connectivity index is 2.00. The van der Waals surface area contributed by atoms with E-state index in [1.807, 2.05) is 38.1 Å². The summed E-state index contributed by atoms with van der Waals surface area (Å²) in [6.07, 6.45) is 4.80. The van der Waals surface area contributed by atoms with Gasteiger partial charge in [0.2, 0.25) is 0 Å². The van der Waals surface area contributed by atoms with Crippen LogP contribution < -0.4 is 10.1 Å². The van der Waals surface area contributed by atoms with Crippen LogP contribution in [0.3, 0.4) is 0 Å². The molecule has 1 saturated carbocycles. The maximum atomic E-state index is 12.6. The number of rotatable bonds is 7. The number of benzene rings is 1. The third kappa shape index (κ3) is 4.23. The molecule has 0 bridgehead atoms. The van der Waals surface area contributed by atoms with Gasteiger partial charge in [-0.25, -0.2) is 0 Å². The third-order valence-corrected chi connectivity index (χ3v) is 3.89. The molecule has 2 rings (SSSR count). The van der Waals surface area contributed by atoms with E-state index in [2.05, 4.69) is 12.2 Å². The second-order valence-electron chi connectivity index (χ2n) is 6.19. The average molecular weight is 305 g/mol. The van der Waals surface area contributed by atoms with Gasteiger partial charge in [-0.3, -0.25) is 4.79 Å². The Labute approximate surface area is 133 Å². The standard InChI is InChI=1S/C18H27NO3/c1-4-13-21-18(11-5-6-12-18)17(20)19-15-7-9-16(10-8-15)22-14(2)3/h7-10,14H,4-6,11-13H2,1-3H3,(H,19,20). The van der Waals surface area contributed by atoms with Crippen LogP contribution in [0, 0.1) is 0 Å². The highest BCUT2D eigenvalue weighted by atomic mass is 16.5. The van der Waals surface area contributed by atoms with Gasteiger partial charge < -0.3 is 14.8 Å². The predicted octanol–water partition coefficient (Wildman–Crippen LogP) is 4.15. The highest BCUT2D eigenvalue weighted by molar-refractivity contribution is 5.97. The molecule has 0 aliphatic heterocycles. The fourth-order valence-corrected chi connectivity index (χ4v) is 2.81. The summed E-state index contributed by atoms with van der Waals surface area (Å²) in [6.45, 7) is 6.68. The zero-order valence-corrected chi connectivity index (χ0v) is 13.9. The summed E-state index contributed by atoms with van der Waals surface area (Å²) in [4.78, 5) is 12.6. The van der Waals surface area contributed by atoms with Crippen LogP contribution in [0.1, 0.15) is 52.9 Å². The third-order valence-electron chi connectivity index (χ3n) is 3.89. The maximum absolute atomic E-state index is 12.6. The molecule has 1 aromatic rings. The Morgan fingerprint density at radius 3 is 2.41 bits per heavy atom. The molecule has 4 nitrogen and oxygen atoms in total. The van der Waals surface area contributed by atoms with Crippen molar-refractivity contribution in [3.63, 3.8) is 0 Å². The molecule has 122 valence electrons. The van der Waals surface area contributed by atoms with Crippen molar-refractivity contribution in [2.75, 3.05) is 11.9 Å². The second-order valence-corrected chi connectivity index (χ2v) is 6.19. The number of ether oxygens (including phenoxy) is 2. The number of hydrogen-bond acceptors (Lipinski definition) is 3. The molecule has 0 aromatic heterocycles. The molecule has 1 aliphatic rings. The van der Waals surface area contributed by atoms with E-state index in [1.165, 1.54) is 0 Å². The van der Waals surface area contributed by atoms with Gasteiger partial charge in [-0.05, 0) is 70.2 Å². The summed E-state index contributed by atoms with van der Waals surface area (Å²) in [5.74, 6) is 0.793. The number of nitrogens with one attached hydrogen (secondary N) is 1. The highest BCUT2D eigenvalue weighted by Gasteiger charge is 2.42. The predicted molar refractivity (Wildman–Crippen MR) is 88.3 cm³/mol. The van der Waals surface area contributed by atoms with Gasteiger partial charge in [0.25, 0.3) is 5.91 Å². The molecular formula is C18H27NO3. The van der Waals surface area contributed by atoms with Crippen molar-refractivity contribution in [2.24, 2.45) is 0 Å². The Morgan fingerprint density at radius 1 is 1.23 bits per heavy atom. The van der Waals surface area contributed by atoms with E-state index in [9.17, 15) is 4.79 Å². The Kier molecular flexibility index (Phi) is 5.83. The largest absolute Gasteiger partial charge is 0.491 e. The zero-order valence-electron chi connectivity index (χ0n) is 13.9. The van der Waals surface area contributed by atoms with Crippen molar-refractivity contribution in [2.45, 2.75) is 64.6 Å². The fraction of sp³-hybridized carbons (Fsp3) is 0.611. The van der Waals surface area contributed by atoms with Gasteiger partial charge in [0.1, 0.15) is 11.4 Å². The lowest BCUT2D eigenvalue weighted by molar-refractivity contribution is -0.140. The molecule has 1 aromatic carbocycles. The molecule has 1 N–H and O–H groups in total. The SMILES string of the molecule is CCCOC1(C(=O)Nc2ccc(OC(C)C)cc2)CCCC1. The summed E-state index contributed by atoms with van der Waals surface area (Å²) >= 11 is 0. The van der Waals surface area contributed by atoms with E-state index < -0.39 is 5.60 Å². The summed E-state index contributed by atoms with van der Waals surface area (Å²) in [5, 5.41) is 2.99. The number of amides is 1. The topological polar surface area (TPSA) is 47.6 Å². The van der Waals surface area contributed by atoms with Gasteiger partial charge in [0.05, 0.1) is 6.10 Å². The molecule has 0 atom stereocenters. The van der Waals surface area contributed by atoms with Crippen LogP contribution in [0.15, 0.2) is 24.3 Å². The van der Waals surface area contributed by atoms with Crippen molar-refractivity contribution in [3.05, 3.63) is 24.3 Å². The monoisotopic (exact) mass is 305 g/mol. The number of carbonyl (C=O) groups excluding carboxylic acids is 1. The quantitative estimate of drug-likeness (QED) is 0.823. The first kappa shape index (κ1) is 16.8. The van der Waals surface area contributed by atoms with Gasteiger partial charge in [0, 0.05) is 12.3 Å². The van der Waals surface area contributed by atoms with Crippen LogP contribution in [0.2, 0.25) is 0 Å². The van der Waals surface area contributed by atoms with E-state index in [1.54, 1.807) is 0 Å². The van der Waals surface area contributed by atoms with E-state index in [0.717, 1.165) is 43.5 Å². The van der Waals surface area contributed by atoms with Crippen molar-refractivity contribution >= 4 is 11.6 Å². The first-order chi connectivity index (χ1) is 10.6. The summed E-state index contributed by atoms with van der Waals surface area (Å²) in [6, 6.07) is 7.50. The smallest absolute Gasteiger partial charge is 0.256 e. The molecule has 0 unspecified atom stereocenters. The fourth-order valence-electron chi connectivity index (χ4n) is 2.81. The molecular weight excluding hydrogens is 278 g/mol. The Morgan fingerprint density at radius 2 is 1.86 bits per heavy atom. The molecule has 22 heavy (non-hydrogen) atoms.